The zero-order valence-electron chi connectivity index (χ0n) is 8.04. The van der Waals surface area contributed by atoms with Crippen molar-refractivity contribution < 1.29 is 8.78 Å². The highest BCUT2D eigenvalue weighted by Crippen LogP contribution is 2.26. The molecular weight excluding hydrogens is 236 g/mol. The number of pyridine rings is 1. The van der Waals surface area contributed by atoms with Gasteiger partial charge in [-0.15, -0.1) is 11.6 Å². The van der Waals surface area contributed by atoms with Crippen LogP contribution in [0.15, 0.2) is 6.20 Å². The van der Waals surface area contributed by atoms with Crippen LogP contribution >= 0.6 is 11.6 Å². The predicted octanol–water partition coefficient (Wildman–Crippen LogP) is 2.70. The Kier molecular flexibility index (Phi) is 4.16. The Bertz CT molecular complexity index is 474. The molecule has 6 heteroatoms. The number of aromatic nitrogens is 1. The maximum Gasteiger partial charge on any atom is 0.281 e. The van der Waals surface area contributed by atoms with Gasteiger partial charge in [0.25, 0.3) is 6.43 Å². The van der Waals surface area contributed by atoms with Gasteiger partial charge in [0.05, 0.1) is 18.1 Å². The van der Waals surface area contributed by atoms with Crippen LogP contribution < -0.4 is 0 Å². The van der Waals surface area contributed by atoms with Gasteiger partial charge in [0.2, 0.25) is 0 Å². The average Bonchev–Trinajstić information content (AvgIpc) is 2.28. The topological polar surface area (TPSA) is 60.5 Å². The van der Waals surface area contributed by atoms with Crippen LogP contribution in [-0.4, -0.2) is 4.98 Å². The van der Waals surface area contributed by atoms with E-state index >= 15 is 0 Å². The Labute approximate surface area is 95.9 Å². The lowest BCUT2D eigenvalue weighted by molar-refractivity contribution is 0.145. The monoisotopic (exact) mass is 241 g/mol. The molecule has 0 aromatic carbocycles. The van der Waals surface area contributed by atoms with Gasteiger partial charge in [0, 0.05) is 12.1 Å². The molecule has 0 saturated carbocycles. The zero-order chi connectivity index (χ0) is 12.1. The van der Waals surface area contributed by atoms with Gasteiger partial charge in [-0.1, -0.05) is 0 Å². The fraction of sp³-hybridized carbons (Fsp3) is 0.300. The van der Waals surface area contributed by atoms with Crippen LogP contribution in [-0.2, 0) is 12.3 Å². The molecule has 0 amide bonds. The molecule has 0 unspecified atom stereocenters. The first-order valence-electron chi connectivity index (χ1n) is 4.27. The molecule has 0 saturated heterocycles. The molecule has 0 aliphatic heterocycles. The first-order valence-corrected chi connectivity index (χ1v) is 4.81. The molecule has 0 bridgehead atoms. The van der Waals surface area contributed by atoms with Crippen molar-refractivity contribution in [1.82, 2.24) is 4.98 Å². The average molecular weight is 242 g/mol. The van der Waals surface area contributed by atoms with E-state index in [0.717, 1.165) is 0 Å². The van der Waals surface area contributed by atoms with Crippen molar-refractivity contribution >= 4 is 11.6 Å². The Morgan fingerprint density at radius 2 is 2.12 bits per heavy atom. The normalized spacial score (nSPS) is 9.88. The van der Waals surface area contributed by atoms with E-state index in [1.165, 1.54) is 6.20 Å². The molecule has 16 heavy (non-hydrogen) atoms. The third kappa shape index (κ3) is 2.26. The van der Waals surface area contributed by atoms with E-state index in [-0.39, 0.29) is 23.4 Å². The summed E-state index contributed by atoms with van der Waals surface area (Å²) >= 11 is 5.58. The molecular formula is C10H6ClF2N3. The molecule has 3 nitrogen and oxygen atoms in total. The van der Waals surface area contributed by atoms with E-state index in [4.69, 9.17) is 22.1 Å². The molecule has 1 heterocycles. The molecule has 0 aliphatic rings. The second-order valence-electron chi connectivity index (χ2n) is 2.90. The minimum Gasteiger partial charge on any atom is -0.254 e. The first-order chi connectivity index (χ1) is 7.65. The van der Waals surface area contributed by atoms with Gasteiger partial charge in [0.15, 0.2) is 0 Å². The van der Waals surface area contributed by atoms with Gasteiger partial charge in [-0.2, -0.15) is 10.5 Å². The van der Waals surface area contributed by atoms with Crippen molar-refractivity contribution in [2.75, 3.05) is 0 Å². The Morgan fingerprint density at radius 1 is 1.44 bits per heavy atom. The second-order valence-corrected chi connectivity index (χ2v) is 3.17. The largest absolute Gasteiger partial charge is 0.281 e. The number of nitrogens with zero attached hydrogens (tertiary/aromatic N) is 3. The first kappa shape index (κ1) is 12.4. The van der Waals surface area contributed by atoms with Crippen molar-refractivity contribution in [3.8, 4) is 12.1 Å². The van der Waals surface area contributed by atoms with Gasteiger partial charge in [-0.25, -0.2) is 8.78 Å². The summed E-state index contributed by atoms with van der Waals surface area (Å²) in [5.41, 5.74) is -0.161. The molecule has 82 valence electrons. The third-order valence-electron chi connectivity index (χ3n) is 2.02. The van der Waals surface area contributed by atoms with Gasteiger partial charge in [-0.05, 0) is 11.1 Å². The van der Waals surface area contributed by atoms with Crippen LogP contribution in [0.5, 0.6) is 0 Å². The molecule has 0 fully saturated rings. The third-order valence-corrected chi connectivity index (χ3v) is 2.31. The SMILES string of the molecule is N#CCc1c(CCl)cnc(C(F)F)c1C#N. The summed E-state index contributed by atoms with van der Waals surface area (Å²) in [6, 6.07) is 3.47. The molecule has 0 atom stereocenters. The van der Waals surface area contributed by atoms with Gasteiger partial charge in [0.1, 0.15) is 11.8 Å². The lowest BCUT2D eigenvalue weighted by atomic mass is 10.0. The minimum atomic E-state index is -2.84. The van der Waals surface area contributed by atoms with Crippen LogP contribution in [0.25, 0.3) is 0 Å². The summed E-state index contributed by atoms with van der Waals surface area (Å²) in [6.07, 6.45) is -1.79. The number of hydrogen-bond acceptors (Lipinski definition) is 3. The van der Waals surface area contributed by atoms with Crippen LogP contribution in [0.1, 0.15) is 28.8 Å². The van der Waals surface area contributed by atoms with Crippen LogP contribution in [0, 0.1) is 22.7 Å². The molecule has 1 rings (SSSR count). The molecule has 1 aromatic rings. The quantitative estimate of drug-likeness (QED) is 0.765. The standard InChI is InChI=1S/C10H6ClF2N3/c11-3-6-5-16-9(10(12)13)8(4-15)7(6)1-2-14/h5,10H,1,3H2. The molecule has 0 spiro atoms. The van der Waals surface area contributed by atoms with Gasteiger partial charge in [-0.3, -0.25) is 4.98 Å². The van der Waals surface area contributed by atoms with Crippen molar-refractivity contribution in [2.45, 2.75) is 18.7 Å². The van der Waals surface area contributed by atoms with Crippen molar-refractivity contribution in [3.63, 3.8) is 0 Å². The van der Waals surface area contributed by atoms with Gasteiger partial charge >= 0.3 is 0 Å². The lowest BCUT2D eigenvalue weighted by Crippen LogP contribution is -2.04. The van der Waals surface area contributed by atoms with Crippen LogP contribution in [0.2, 0.25) is 0 Å². The molecule has 0 radical (unpaired) electrons. The molecule has 0 N–H and O–H groups in total. The van der Waals surface area contributed by atoms with E-state index in [1.807, 2.05) is 6.07 Å². The van der Waals surface area contributed by atoms with E-state index in [0.29, 0.717) is 5.56 Å². The highest BCUT2D eigenvalue weighted by atomic mass is 35.5. The maximum absolute atomic E-state index is 12.5. The highest BCUT2D eigenvalue weighted by Gasteiger charge is 2.20. The van der Waals surface area contributed by atoms with E-state index in [2.05, 4.69) is 4.98 Å². The fourth-order valence-corrected chi connectivity index (χ4v) is 1.52. The summed E-state index contributed by atoms with van der Waals surface area (Å²) in [5, 5.41) is 17.4. The summed E-state index contributed by atoms with van der Waals surface area (Å²) in [6.45, 7) is 0. The van der Waals surface area contributed by atoms with Gasteiger partial charge < -0.3 is 0 Å². The van der Waals surface area contributed by atoms with Crippen molar-refractivity contribution in [2.24, 2.45) is 0 Å². The summed E-state index contributed by atoms with van der Waals surface area (Å²) in [4.78, 5) is 3.50. The Morgan fingerprint density at radius 3 is 2.56 bits per heavy atom. The summed E-state index contributed by atoms with van der Waals surface area (Å²) < 4.78 is 25.1. The van der Waals surface area contributed by atoms with E-state index < -0.39 is 12.1 Å². The van der Waals surface area contributed by atoms with Crippen LogP contribution in [0.4, 0.5) is 8.78 Å². The lowest BCUT2D eigenvalue weighted by Gasteiger charge is -2.09. The highest BCUT2D eigenvalue weighted by molar-refractivity contribution is 6.17. The second kappa shape index (κ2) is 5.39. The van der Waals surface area contributed by atoms with Crippen LogP contribution in [0.3, 0.4) is 0 Å². The number of hydrogen-bond donors (Lipinski definition) is 0. The van der Waals surface area contributed by atoms with E-state index in [9.17, 15) is 8.78 Å². The smallest absolute Gasteiger partial charge is 0.254 e. The fourth-order valence-electron chi connectivity index (χ4n) is 1.29. The number of alkyl halides is 3. The summed E-state index contributed by atoms with van der Waals surface area (Å²) in [7, 11) is 0. The maximum atomic E-state index is 12.5. The Hall–Kier alpha value is -1.72. The number of nitriles is 2. The minimum absolute atomic E-state index is 0.0300. The Balaban J connectivity index is 3.46. The van der Waals surface area contributed by atoms with Crippen molar-refractivity contribution in [3.05, 3.63) is 28.6 Å². The zero-order valence-corrected chi connectivity index (χ0v) is 8.80. The molecule has 0 aliphatic carbocycles. The number of rotatable bonds is 3. The van der Waals surface area contributed by atoms with E-state index in [1.54, 1.807) is 6.07 Å². The van der Waals surface area contributed by atoms with Crippen molar-refractivity contribution in [1.29, 1.82) is 10.5 Å². The molecule has 1 aromatic heterocycles. The summed E-state index contributed by atoms with van der Waals surface area (Å²) in [5.74, 6) is 0.0300. The predicted molar refractivity (Wildman–Crippen MR) is 52.8 cm³/mol. The number of halogens is 3.